The summed E-state index contributed by atoms with van der Waals surface area (Å²) in [5, 5.41) is 2.72. The topological polar surface area (TPSA) is 49.4 Å². The molecular weight excluding hydrogens is 247 g/mol. The molecule has 1 aliphatic heterocycles. The molecule has 5 heteroatoms. The van der Waals surface area contributed by atoms with Crippen molar-refractivity contribution < 1.29 is 14.0 Å². The second-order valence-electron chi connectivity index (χ2n) is 4.77. The Morgan fingerprint density at radius 1 is 1.32 bits per heavy atom. The fourth-order valence-electron chi connectivity index (χ4n) is 2.38. The zero-order valence-corrected chi connectivity index (χ0v) is 11.1. The van der Waals surface area contributed by atoms with Crippen LogP contribution in [-0.2, 0) is 4.79 Å². The van der Waals surface area contributed by atoms with Gasteiger partial charge in [0.2, 0.25) is 5.91 Å². The van der Waals surface area contributed by atoms with Crippen LogP contribution in [0, 0.1) is 11.2 Å². The number of hydrogen-bond donors (Lipinski definition) is 1. The first-order valence-electron chi connectivity index (χ1n) is 6.42. The summed E-state index contributed by atoms with van der Waals surface area (Å²) < 4.78 is 13.3. The van der Waals surface area contributed by atoms with Gasteiger partial charge in [-0.25, -0.2) is 14.1 Å². The van der Waals surface area contributed by atoms with Gasteiger partial charge in [-0.15, -0.1) is 0 Å². The molecule has 3 amide bonds. The number of rotatable bonds is 3. The molecule has 1 fully saturated rings. The summed E-state index contributed by atoms with van der Waals surface area (Å²) in [6.07, 6.45) is 1.27. The third-order valence-electron chi connectivity index (χ3n) is 3.86. The molecule has 0 aliphatic carbocycles. The lowest BCUT2D eigenvalue weighted by atomic mass is 9.79. The molecule has 2 rings (SSSR count). The molecule has 102 valence electrons. The number of urea groups is 1. The second-order valence-corrected chi connectivity index (χ2v) is 4.77. The lowest BCUT2D eigenvalue weighted by Gasteiger charge is -2.39. The maximum absolute atomic E-state index is 13.3. The molecular formula is C14H17FN2O2. The average Bonchev–Trinajstić information content (AvgIpc) is 2.40. The van der Waals surface area contributed by atoms with E-state index in [4.69, 9.17) is 0 Å². The first-order chi connectivity index (χ1) is 9.04. The summed E-state index contributed by atoms with van der Waals surface area (Å²) in [4.78, 5) is 25.5. The van der Waals surface area contributed by atoms with Gasteiger partial charge >= 0.3 is 6.03 Å². The van der Waals surface area contributed by atoms with Crippen LogP contribution in [0.1, 0.15) is 26.7 Å². The van der Waals surface area contributed by atoms with Crippen LogP contribution in [0.2, 0.25) is 0 Å². The summed E-state index contributed by atoms with van der Waals surface area (Å²) in [7, 11) is 0. The predicted octanol–water partition coefficient (Wildman–Crippen LogP) is 2.69. The van der Waals surface area contributed by atoms with Crippen molar-refractivity contribution in [2.75, 3.05) is 11.4 Å². The van der Waals surface area contributed by atoms with Gasteiger partial charge in [0.25, 0.3) is 0 Å². The van der Waals surface area contributed by atoms with Crippen LogP contribution in [0.25, 0.3) is 0 Å². The molecule has 0 unspecified atom stereocenters. The van der Waals surface area contributed by atoms with Gasteiger partial charge in [0.15, 0.2) is 0 Å². The SMILES string of the molecule is CCC1(CC)CNC(=O)N(c2cccc(F)c2)C1=O. The number of halogens is 1. The van der Waals surface area contributed by atoms with Crippen molar-refractivity contribution in [3.05, 3.63) is 30.1 Å². The van der Waals surface area contributed by atoms with E-state index in [-0.39, 0.29) is 11.6 Å². The van der Waals surface area contributed by atoms with Gasteiger partial charge < -0.3 is 5.32 Å². The molecule has 0 aromatic heterocycles. The molecule has 1 heterocycles. The van der Waals surface area contributed by atoms with E-state index < -0.39 is 17.3 Å². The fourth-order valence-corrected chi connectivity index (χ4v) is 2.38. The molecule has 1 N–H and O–H groups in total. The highest BCUT2D eigenvalue weighted by Crippen LogP contribution is 2.33. The van der Waals surface area contributed by atoms with Crippen molar-refractivity contribution in [2.24, 2.45) is 5.41 Å². The fraction of sp³-hybridized carbons (Fsp3) is 0.429. The van der Waals surface area contributed by atoms with Crippen LogP contribution in [0.4, 0.5) is 14.9 Å². The quantitative estimate of drug-likeness (QED) is 0.912. The smallest absolute Gasteiger partial charge is 0.328 e. The van der Waals surface area contributed by atoms with Crippen LogP contribution < -0.4 is 10.2 Å². The van der Waals surface area contributed by atoms with Crippen molar-refractivity contribution in [1.82, 2.24) is 5.32 Å². The lowest BCUT2D eigenvalue weighted by molar-refractivity contribution is -0.128. The highest BCUT2D eigenvalue weighted by Gasteiger charge is 2.45. The van der Waals surface area contributed by atoms with E-state index in [0.717, 1.165) is 4.90 Å². The number of imide groups is 1. The average molecular weight is 264 g/mol. The minimum absolute atomic E-state index is 0.258. The number of carbonyl (C=O) groups is 2. The molecule has 0 radical (unpaired) electrons. The maximum Gasteiger partial charge on any atom is 0.328 e. The molecule has 0 atom stereocenters. The highest BCUT2D eigenvalue weighted by atomic mass is 19.1. The van der Waals surface area contributed by atoms with E-state index in [2.05, 4.69) is 5.32 Å². The molecule has 4 nitrogen and oxygen atoms in total. The summed E-state index contributed by atoms with van der Waals surface area (Å²) >= 11 is 0. The summed E-state index contributed by atoms with van der Waals surface area (Å²) in [5.74, 6) is -0.728. The third-order valence-corrected chi connectivity index (χ3v) is 3.86. The Morgan fingerprint density at radius 3 is 2.58 bits per heavy atom. The van der Waals surface area contributed by atoms with E-state index in [9.17, 15) is 14.0 Å². The monoisotopic (exact) mass is 264 g/mol. The van der Waals surface area contributed by atoms with Gasteiger partial charge in [0.1, 0.15) is 5.82 Å². The molecule has 1 aliphatic rings. The molecule has 1 aromatic rings. The lowest BCUT2D eigenvalue weighted by Crippen LogP contribution is -2.60. The van der Waals surface area contributed by atoms with Gasteiger partial charge in [-0.05, 0) is 31.0 Å². The van der Waals surface area contributed by atoms with Crippen LogP contribution in [-0.4, -0.2) is 18.5 Å². The first-order valence-corrected chi connectivity index (χ1v) is 6.42. The third kappa shape index (κ3) is 2.20. The minimum Gasteiger partial charge on any atom is -0.336 e. The number of anilines is 1. The molecule has 19 heavy (non-hydrogen) atoms. The summed E-state index contributed by atoms with van der Waals surface area (Å²) in [6, 6.07) is 5.02. The zero-order valence-electron chi connectivity index (χ0n) is 11.1. The Hall–Kier alpha value is -1.91. The van der Waals surface area contributed by atoms with Gasteiger partial charge in [-0.3, -0.25) is 4.79 Å². The molecule has 0 bridgehead atoms. The Morgan fingerprint density at radius 2 is 2.00 bits per heavy atom. The number of amides is 3. The first kappa shape index (κ1) is 13.5. The van der Waals surface area contributed by atoms with Gasteiger partial charge in [-0.2, -0.15) is 0 Å². The van der Waals surface area contributed by atoms with E-state index in [1.165, 1.54) is 18.2 Å². The maximum atomic E-state index is 13.3. The zero-order chi connectivity index (χ0) is 14.0. The van der Waals surface area contributed by atoms with Gasteiger partial charge in [-0.1, -0.05) is 19.9 Å². The number of nitrogens with one attached hydrogen (secondary N) is 1. The highest BCUT2D eigenvalue weighted by molar-refractivity contribution is 6.17. The van der Waals surface area contributed by atoms with Crippen molar-refractivity contribution in [1.29, 1.82) is 0 Å². The number of benzene rings is 1. The van der Waals surface area contributed by atoms with Crippen LogP contribution in [0.5, 0.6) is 0 Å². The van der Waals surface area contributed by atoms with Gasteiger partial charge in [0, 0.05) is 6.54 Å². The van der Waals surface area contributed by atoms with Crippen molar-refractivity contribution in [3.63, 3.8) is 0 Å². The van der Waals surface area contributed by atoms with E-state index >= 15 is 0 Å². The molecule has 0 spiro atoms. The van der Waals surface area contributed by atoms with E-state index in [1.54, 1.807) is 6.07 Å². The molecule has 1 aromatic carbocycles. The van der Waals surface area contributed by atoms with E-state index in [1.807, 2.05) is 13.8 Å². The summed E-state index contributed by atoms with van der Waals surface area (Å²) in [5.41, 5.74) is -0.325. The molecule has 1 saturated heterocycles. The van der Waals surface area contributed by atoms with Crippen LogP contribution >= 0.6 is 0 Å². The second kappa shape index (κ2) is 4.99. The Labute approximate surface area is 111 Å². The van der Waals surface area contributed by atoms with Crippen molar-refractivity contribution in [2.45, 2.75) is 26.7 Å². The number of carbonyl (C=O) groups excluding carboxylic acids is 2. The Bertz CT molecular complexity index is 512. The number of nitrogens with zero attached hydrogens (tertiary/aromatic N) is 1. The van der Waals surface area contributed by atoms with Crippen molar-refractivity contribution in [3.8, 4) is 0 Å². The minimum atomic E-state index is -0.597. The largest absolute Gasteiger partial charge is 0.336 e. The number of hydrogen-bond acceptors (Lipinski definition) is 2. The van der Waals surface area contributed by atoms with E-state index in [0.29, 0.717) is 19.4 Å². The van der Waals surface area contributed by atoms with Crippen molar-refractivity contribution >= 4 is 17.6 Å². The normalized spacial score (nSPS) is 18.4. The molecule has 0 saturated carbocycles. The summed E-state index contributed by atoms with van der Waals surface area (Å²) in [6.45, 7) is 4.18. The predicted molar refractivity (Wildman–Crippen MR) is 70.3 cm³/mol. The standard InChI is InChI=1S/C14H17FN2O2/c1-3-14(4-2)9-16-13(19)17(12(14)18)11-7-5-6-10(15)8-11/h5-8H,3-4,9H2,1-2H3,(H,16,19). The Kier molecular flexibility index (Phi) is 3.55. The van der Waals surface area contributed by atoms with Crippen LogP contribution in [0.15, 0.2) is 24.3 Å². The van der Waals surface area contributed by atoms with Gasteiger partial charge in [0.05, 0.1) is 11.1 Å². The Balaban J connectivity index is 2.42. The van der Waals surface area contributed by atoms with Crippen LogP contribution in [0.3, 0.4) is 0 Å².